The summed E-state index contributed by atoms with van der Waals surface area (Å²) in [6, 6.07) is 28.5. The molecular weight excluding hydrogens is 324 g/mol. The molecule has 0 spiro atoms. The monoisotopic (exact) mass is 346 g/mol. The van der Waals surface area contributed by atoms with Crippen LogP contribution in [0, 0.1) is 0 Å². The van der Waals surface area contributed by atoms with Crippen LogP contribution >= 0.6 is 0 Å². The summed E-state index contributed by atoms with van der Waals surface area (Å²) in [5.41, 5.74) is 2.46. The van der Waals surface area contributed by atoms with Gasteiger partial charge in [-0.25, -0.2) is 0 Å². The maximum absolute atomic E-state index is 12.8. The lowest BCUT2D eigenvalue weighted by Crippen LogP contribution is -2.36. The van der Waals surface area contributed by atoms with Crippen LogP contribution in [0.1, 0.15) is 11.7 Å². The van der Waals surface area contributed by atoms with E-state index in [-0.39, 0.29) is 12.5 Å². The van der Waals surface area contributed by atoms with Crippen molar-refractivity contribution >= 4 is 17.3 Å². The Morgan fingerprint density at radius 3 is 1.77 bits per heavy atom. The normalized spacial score (nSPS) is 11.7. The van der Waals surface area contributed by atoms with Crippen LogP contribution in [0.15, 0.2) is 91.0 Å². The average molecular weight is 346 g/mol. The summed E-state index contributed by atoms with van der Waals surface area (Å²) in [5.74, 6) is -0.0809. The van der Waals surface area contributed by atoms with Crippen LogP contribution < -0.4 is 10.2 Å². The maximum Gasteiger partial charge on any atom is 0.245 e. The Hall–Kier alpha value is -2.95. The van der Waals surface area contributed by atoms with Gasteiger partial charge in [-0.05, 0) is 29.8 Å². The van der Waals surface area contributed by atoms with Crippen LogP contribution in [0.2, 0.25) is 0 Å². The predicted octanol–water partition coefficient (Wildman–Crippen LogP) is 3.67. The predicted molar refractivity (Wildman–Crippen MR) is 104 cm³/mol. The molecular formula is C22H22N2O2. The number of amides is 1. The van der Waals surface area contributed by atoms with Crippen LogP contribution in [0.3, 0.4) is 0 Å². The molecule has 2 N–H and O–H groups in total. The van der Waals surface area contributed by atoms with E-state index in [9.17, 15) is 9.90 Å². The van der Waals surface area contributed by atoms with E-state index in [0.29, 0.717) is 6.54 Å². The Kier molecular flexibility index (Phi) is 6.14. The van der Waals surface area contributed by atoms with E-state index in [1.54, 1.807) is 4.90 Å². The first-order valence-corrected chi connectivity index (χ1v) is 8.62. The van der Waals surface area contributed by atoms with Crippen molar-refractivity contribution in [3.63, 3.8) is 0 Å². The Bertz CT molecular complexity index is 768. The van der Waals surface area contributed by atoms with Crippen molar-refractivity contribution in [2.45, 2.75) is 6.10 Å². The molecule has 0 aliphatic rings. The highest BCUT2D eigenvalue weighted by Crippen LogP contribution is 2.24. The van der Waals surface area contributed by atoms with E-state index in [0.717, 1.165) is 16.9 Å². The number of aliphatic hydroxyl groups is 1. The minimum absolute atomic E-state index is 0.0809. The maximum atomic E-state index is 12.8. The van der Waals surface area contributed by atoms with E-state index >= 15 is 0 Å². The molecule has 0 aromatic heterocycles. The lowest BCUT2D eigenvalue weighted by Gasteiger charge is -2.23. The fraction of sp³-hybridized carbons (Fsp3) is 0.136. The minimum Gasteiger partial charge on any atom is -0.387 e. The number of para-hydroxylation sites is 2. The Labute approximate surface area is 153 Å². The van der Waals surface area contributed by atoms with Gasteiger partial charge in [0.05, 0.1) is 12.6 Å². The van der Waals surface area contributed by atoms with Crippen molar-refractivity contribution in [2.75, 3.05) is 18.0 Å². The summed E-state index contributed by atoms with van der Waals surface area (Å²) in [7, 11) is 0. The highest BCUT2D eigenvalue weighted by atomic mass is 16.3. The average Bonchev–Trinajstić information content (AvgIpc) is 2.70. The zero-order chi connectivity index (χ0) is 18.2. The third-order valence-electron chi connectivity index (χ3n) is 4.08. The van der Waals surface area contributed by atoms with Gasteiger partial charge in [-0.2, -0.15) is 0 Å². The number of hydrogen-bond acceptors (Lipinski definition) is 3. The number of anilines is 2. The highest BCUT2D eigenvalue weighted by molar-refractivity contribution is 6.01. The smallest absolute Gasteiger partial charge is 0.245 e. The lowest BCUT2D eigenvalue weighted by molar-refractivity contribution is -0.117. The highest BCUT2D eigenvalue weighted by Gasteiger charge is 2.17. The van der Waals surface area contributed by atoms with Crippen molar-refractivity contribution in [3.8, 4) is 0 Å². The van der Waals surface area contributed by atoms with Gasteiger partial charge in [0.1, 0.15) is 0 Å². The second-order valence-electron chi connectivity index (χ2n) is 5.96. The molecule has 0 fully saturated rings. The second kappa shape index (κ2) is 8.94. The van der Waals surface area contributed by atoms with Crippen molar-refractivity contribution in [2.24, 2.45) is 0 Å². The molecule has 0 heterocycles. The molecule has 3 aromatic rings. The van der Waals surface area contributed by atoms with E-state index < -0.39 is 6.10 Å². The number of carbonyl (C=O) groups is 1. The van der Waals surface area contributed by atoms with Crippen LogP contribution in [0.25, 0.3) is 0 Å². The number of hydrogen-bond donors (Lipinski definition) is 2. The first-order valence-electron chi connectivity index (χ1n) is 8.62. The third kappa shape index (κ3) is 4.57. The number of nitrogens with one attached hydrogen (secondary N) is 1. The fourth-order valence-electron chi connectivity index (χ4n) is 2.78. The molecule has 0 bridgehead atoms. The number of benzene rings is 3. The van der Waals surface area contributed by atoms with Gasteiger partial charge in [0, 0.05) is 17.9 Å². The molecule has 0 saturated heterocycles. The largest absolute Gasteiger partial charge is 0.387 e. The molecule has 3 aromatic carbocycles. The van der Waals surface area contributed by atoms with Crippen LogP contribution in [-0.2, 0) is 4.79 Å². The molecule has 1 atom stereocenters. The SMILES string of the molecule is O=C(CNCC(O)c1ccccc1)N(c1ccccc1)c1ccccc1. The molecule has 1 unspecified atom stereocenters. The molecule has 1 amide bonds. The molecule has 26 heavy (non-hydrogen) atoms. The molecule has 0 aliphatic heterocycles. The van der Waals surface area contributed by atoms with E-state index in [4.69, 9.17) is 0 Å². The van der Waals surface area contributed by atoms with E-state index in [1.807, 2.05) is 91.0 Å². The Morgan fingerprint density at radius 2 is 1.27 bits per heavy atom. The van der Waals surface area contributed by atoms with Crippen LogP contribution in [-0.4, -0.2) is 24.1 Å². The lowest BCUT2D eigenvalue weighted by atomic mass is 10.1. The number of carbonyl (C=O) groups excluding carboxylic acids is 1. The molecule has 132 valence electrons. The topological polar surface area (TPSA) is 52.6 Å². The van der Waals surface area contributed by atoms with Gasteiger partial charge in [-0.3, -0.25) is 9.69 Å². The van der Waals surface area contributed by atoms with E-state index in [2.05, 4.69) is 5.32 Å². The van der Waals surface area contributed by atoms with Crippen LogP contribution in [0.5, 0.6) is 0 Å². The molecule has 0 radical (unpaired) electrons. The Morgan fingerprint density at radius 1 is 0.808 bits per heavy atom. The first-order chi connectivity index (χ1) is 12.8. The van der Waals surface area contributed by atoms with E-state index in [1.165, 1.54) is 0 Å². The minimum atomic E-state index is -0.647. The molecule has 3 rings (SSSR count). The zero-order valence-electron chi connectivity index (χ0n) is 14.5. The van der Waals surface area contributed by atoms with Gasteiger partial charge >= 0.3 is 0 Å². The molecule has 0 aliphatic carbocycles. The second-order valence-corrected chi connectivity index (χ2v) is 5.96. The first kappa shape index (κ1) is 17.9. The molecule has 0 saturated carbocycles. The van der Waals surface area contributed by atoms with Gasteiger partial charge in [0.25, 0.3) is 0 Å². The van der Waals surface area contributed by atoms with Gasteiger partial charge < -0.3 is 10.4 Å². The summed E-state index contributed by atoms with van der Waals surface area (Å²) < 4.78 is 0. The quantitative estimate of drug-likeness (QED) is 0.686. The summed E-state index contributed by atoms with van der Waals surface area (Å²) in [6.45, 7) is 0.445. The fourth-order valence-corrected chi connectivity index (χ4v) is 2.78. The summed E-state index contributed by atoms with van der Waals surface area (Å²) in [5, 5.41) is 13.3. The van der Waals surface area contributed by atoms with Crippen molar-refractivity contribution in [3.05, 3.63) is 96.6 Å². The summed E-state index contributed by atoms with van der Waals surface area (Å²) in [4.78, 5) is 14.5. The van der Waals surface area contributed by atoms with Crippen molar-refractivity contribution in [1.82, 2.24) is 5.32 Å². The number of rotatable bonds is 7. The van der Waals surface area contributed by atoms with Crippen LogP contribution in [0.4, 0.5) is 11.4 Å². The zero-order valence-corrected chi connectivity index (χ0v) is 14.5. The standard InChI is InChI=1S/C22H22N2O2/c25-21(18-10-4-1-5-11-18)16-23-17-22(26)24(19-12-6-2-7-13-19)20-14-8-3-9-15-20/h1-15,21,23,25H,16-17H2. The van der Waals surface area contributed by atoms with Gasteiger partial charge in [-0.1, -0.05) is 66.7 Å². The summed E-state index contributed by atoms with van der Waals surface area (Å²) in [6.07, 6.45) is -0.647. The number of aliphatic hydroxyl groups excluding tert-OH is 1. The number of nitrogens with zero attached hydrogens (tertiary/aromatic N) is 1. The van der Waals surface area contributed by atoms with Gasteiger partial charge in [-0.15, -0.1) is 0 Å². The van der Waals surface area contributed by atoms with Gasteiger partial charge in [0.2, 0.25) is 5.91 Å². The third-order valence-corrected chi connectivity index (χ3v) is 4.08. The van der Waals surface area contributed by atoms with Crippen molar-refractivity contribution in [1.29, 1.82) is 0 Å². The molecule has 4 nitrogen and oxygen atoms in total. The molecule has 4 heteroatoms. The van der Waals surface area contributed by atoms with Crippen molar-refractivity contribution < 1.29 is 9.90 Å². The Balaban J connectivity index is 1.67. The van der Waals surface area contributed by atoms with Gasteiger partial charge in [0.15, 0.2) is 0 Å². The summed E-state index contributed by atoms with van der Waals surface area (Å²) >= 11 is 0.